The number of imide groups is 1. The van der Waals surface area contributed by atoms with E-state index in [2.05, 4.69) is 21.5 Å². The van der Waals surface area contributed by atoms with Gasteiger partial charge in [-0.05, 0) is 68.7 Å². The summed E-state index contributed by atoms with van der Waals surface area (Å²) in [6.45, 7) is 4.73. The average molecular weight is 656 g/mol. The van der Waals surface area contributed by atoms with Crippen molar-refractivity contribution in [2.45, 2.75) is 38.6 Å². The number of likely N-dealkylation sites (tertiary alicyclic amines) is 1. The summed E-state index contributed by atoms with van der Waals surface area (Å²) in [4.78, 5) is 62.6. The van der Waals surface area contributed by atoms with Crippen molar-refractivity contribution in [1.82, 2.24) is 29.3 Å². The maximum absolute atomic E-state index is 14.0. The van der Waals surface area contributed by atoms with E-state index in [0.29, 0.717) is 30.1 Å². The SMILES string of the molecule is CC(C)N1CC(C(=O)Nc2ccc(-c3cc(C4CCN(C(=O)N(C)C)CC4)n4ncnc(N)c34)cc2)C(=O)N(c2cccc(F)c2)C1=O. The van der Waals surface area contributed by atoms with Gasteiger partial charge in [0, 0.05) is 62.6 Å². The van der Waals surface area contributed by atoms with Gasteiger partial charge in [-0.2, -0.15) is 5.10 Å². The van der Waals surface area contributed by atoms with Crippen molar-refractivity contribution in [3.8, 4) is 11.1 Å². The van der Waals surface area contributed by atoms with Crippen LogP contribution in [0.2, 0.25) is 0 Å². The summed E-state index contributed by atoms with van der Waals surface area (Å²) in [7, 11) is 3.50. The maximum Gasteiger partial charge on any atom is 0.331 e. The molecule has 0 radical (unpaired) electrons. The molecule has 4 aromatic rings. The first-order chi connectivity index (χ1) is 22.9. The van der Waals surface area contributed by atoms with Gasteiger partial charge in [0.2, 0.25) is 11.8 Å². The molecule has 2 aromatic carbocycles. The van der Waals surface area contributed by atoms with E-state index in [4.69, 9.17) is 5.73 Å². The molecule has 250 valence electrons. The molecule has 2 aromatic heterocycles. The highest BCUT2D eigenvalue weighted by molar-refractivity contribution is 6.23. The van der Waals surface area contributed by atoms with Crippen LogP contribution in [0.5, 0.6) is 0 Å². The van der Waals surface area contributed by atoms with Gasteiger partial charge in [-0.25, -0.2) is 28.4 Å². The fraction of sp³-hybridized carbons (Fsp3) is 0.353. The summed E-state index contributed by atoms with van der Waals surface area (Å²) in [6.07, 6.45) is 2.97. The van der Waals surface area contributed by atoms with Crippen LogP contribution in [0.4, 0.5) is 31.2 Å². The lowest BCUT2D eigenvalue weighted by Gasteiger charge is -2.39. The first-order valence-electron chi connectivity index (χ1n) is 15.8. The highest BCUT2D eigenvalue weighted by Gasteiger charge is 2.44. The number of nitrogen functional groups attached to an aromatic ring is 1. The summed E-state index contributed by atoms with van der Waals surface area (Å²) in [5.41, 5.74) is 10.2. The van der Waals surface area contributed by atoms with Gasteiger partial charge in [-0.15, -0.1) is 0 Å². The molecule has 6 amide bonds. The Morgan fingerprint density at radius 1 is 1.04 bits per heavy atom. The van der Waals surface area contributed by atoms with Gasteiger partial charge in [0.1, 0.15) is 23.6 Å². The molecule has 2 aliphatic rings. The first-order valence-corrected chi connectivity index (χ1v) is 15.8. The molecule has 1 unspecified atom stereocenters. The number of amides is 6. The maximum atomic E-state index is 14.0. The lowest BCUT2D eigenvalue weighted by Crippen LogP contribution is -2.61. The zero-order chi connectivity index (χ0) is 34.3. The Bertz CT molecular complexity index is 1880. The summed E-state index contributed by atoms with van der Waals surface area (Å²) in [5, 5.41) is 7.33. The largest absolute Gasteiger partial charge is 0.382 e. The zero-order valence-corrected chi connectivity index (χ0v) is 27.3. The van der Waals surface area contributed by atoms with E-state index in [1.165, 1.54) is 29.4 Å². The summed E-state index contributed by atoms with van der Waals surface area (Å²) >= 11 is 0. The molecular formula is C34H38FN9O4. The fourth-order valence-electron chi connectivity index (χ4n) is 6.43. The Balaban J connectivity index is 1.23. The van der Waals surface area contributed by atoms with Crippen LogP contribution in [-0.4, -0.2) is 92.9 Å². The molecule has 14 heteroatoms. The molecule has 0 bridgehead atoms. The van der Waals surface area contributed by atoms with Crippen molar-refractivity contribution >= 4 is 46.6 Å². The van der Waals surface area contributed by atoms with Crippen LogP contribution in [0, 0.1) is 11.7 Å². The van der Waals surface area contributed by atoms with E-state index in [-0.39, 0.29) is 30.2 Å². The number of carbonyl (C=O) groups is 4. The standard InChI is InChI=1S/C34H38FN9O4/c1-20(2)42-18-27(32(46)43(34(42)48)25-7-5-6-23(35)16-25)31(45)39-24-10-8-21(9-11-24)26-17-28(44-29(26)30(36)37-19-38-44)22-12-14-41(15-13-22)33(47)40(3)4/h5-11,16-17,19-20,22,27H,12-15,18H2,1-4H3,(H,39,45)(H2,36,37,38). The Morgan fingerprint density at radius 3 is 2.40 bits per heavy atom. The number of rotatable bonds is 6. The second-order valence-corrected chi connectivity index (χ2v) is 12.6. The average Bonchev–Trinajstić information content (AvgIpc) is 3.46. The molecule has 2 fully saturated rings. The number of carbonyl (C=O) groups excluding carboxylic acids is 4. The highest BCUT2D eigenvalue weighted by atomic mass is 19.1. The van der Waals surface area contributed by atoms with Crippen LogP contribution in [0.25, 0.3) is 16.6 Å². The van der Waals surface area contributed by atoms with Crippen LogP contribution < -0.4 is 16.0 Å². The van der Waals surface area contributed by atoms with E-state index < -0.39 is 29.6 Å². The van der Waals surface area contributed by atoms with Crippen LogP contribution in [0.3, 0.4) is 0 Å². The molecule has 48 heavy (non-hydrogen) atoms. The van der Waals surface area contributed by atoms with E-state index >= 15 is 0 Å². The van der Waals surface area contributed by atoms with Crippen LogP contribution in [0.15, 0.2) is 60.9 Å². The number of urea groups is 2. The number of nitrogens with zero attached hydrogens (tertiary/aromatic N) is 7. The topological polar surface area (TPSA) is 149 Å². The van der Waals surface area contributed by atoms with Gasteiger partial charge in [0.15, 0.2) is 5.82 Å². The molecule has 6 rings (SSSR count). The van der Waals surface area contributed by atoms with Crippen molar-refractivity contribution in [2.75, 3.05) is 49.7 Å². The molecule has 4 heterocycles. The van der Waals surface area contributed by atoms with Gasteiger partial charge >= 0.3 is 12.1 Å². The number of anilines is 3. The monoisotopic (exact) mass is 655 g/mol. The van der Waals surface area contributed by atoms with Gasteiger partial charge in [0.05, 0.1) is 5.69 Å². The smallest absolute Gasteiger partial charge is 0.331 e. The molecule has 0 aliphatic carbocycles. The molecule has 2 aliphatic heterocycles. The van der Waals surface area contributed by atoms with E-state index in [1.54, 1.807) is 45.0 Å². The third kappa shape index (κ3) is 6.00. The molecule has 0 spiro atoms. The number of hydrogen-bond acceptors (Lipinski definition) is 7. The number of hydrogen-bond donors (Lipinski definition) is 2. The predicted molar refractivity (Wildman–Crippen MR) is 179 cm³/mol. The number of nitrogens with one attached hydrogen (secondary N) is 1. The van der Waals surface area contributed by atoms with E-state index in [9.17, 15) is 23.6 Å². The van der Waals surface area contributed by atoms with Crippen molar-refractivity contribution < 1.29 is 23.6 Å². The quantitative estimate of drug-likeness (QED) is 0.292. The molecule has 3 N–H and O–H groups in total. The van der Waals surface area contributed by atoms with Crippen LogP contribution in [-0.2, 0) is 9.59 Å². The molecule has 0 saturated carbocycles. The molecule has 1 atom stereocenters. The summed E-state index contributed by atoms with van der Waals surface area (Å²) in [6, 6.07) is 13.5. The second-order valence-electron chi connectivity index (χ2n) is 12.6. The number of piperidine rings is 1. The third-order valence-electron chi connectivity index (χ3n) is 8.98. The minimum atomic E-state index is -1.21. The Labute approximate surface area is 277 Å². The minimum absolute atomic E-state index is 0.00425. The third-order valence-corrected chi connectivity index (χ3v) is 8.98. The number of halogens is 1. The fourth-order valence-corrected chi connectivity index (χ4v) is 6.43. The number of aromatic nitrogens is 3. The van der Waals surface area contributed by atoms with Crippen molar-refractivity contribution in [2.24, 2.45) is 5.92 Å². The van der Waals surface area contributed by atoms with Gasteiger partial charge in [0.25, 0.3) is 0 Å². The van der Waals surface area contributed by atoms with E-state index in [0.717, 1.165) is 40.6 Å². The Kier molecular flexibility index (Phi) is 8.73. The molecule has 2 saturated heterocycles. The normalized spacial score (nSPS) is 17.4. The Hall–Kier alpha value is -5.53. The van der Waals surface area contributed by atoms with Gasteiger partial charge in [-0.1, -0.05) is 18.2 Å². The highest BCUT2D eigenvalue weighted by Crippen LogP contribution is 2.37. The number of benzene rings is 2. The van der Waals surface area contributed by atoms with Crippen LogP contribution in [0.1, 0.15) is 38.3 Å². The molecule has 13 nitrogen and oxygen atoms in total. The lowest BCUT2D eigenvalue weighted by atomic mass is 9.93. The van der Waals surface area contributed by atoms with Gasteiger partial charge < -0.3 is 25.8 Å². The van der Waals surface area contributed by atoms with Crippen molar-refractivity contribution in [3.05, 3.63) is 72.4 Å². The molecular weight excluding hydrogens is 617 g/mol. The predicted octanol–water partition coefficient (Wildman–Crippen LogP) is 4.41. The lowest BCUT2D eigenvalue weighted by molar-refractivity contribution is -0.132. The summed E-state index contributed by atoms with van der Waals surface area (Å²) < 4.78 is 15.8. The first kappa shape index (κ1) is 32.4. The van der Waals surface area contributed by atoms with Gasteiger partial charge in [-0.3, -0.25) is 9.59 Å². The number of nitrogens with two attached hydrogens (primary N) is 1. The second kappa shape index (κ2) is 12.9. The summed E-state index contributed by atoms with van der Waals surface area (Å²) in [5.74, 6) is -2.64. The van der Waals surface area contributed by atoms with Crippen LogP contribution >= 0.6 is 0 Å². The van der Waals surface area contributed by atoms with Crippen molar-refractivity contribution in [1.29, 1.82) is 0 Å². The Morgan fingerprint density at radius 2 is 1.75 bits per heavy atom. The minimum Gasteiger partial charge on any atom is -0.382 e. The van der Waals surface area contributed by atoms with E-state index in [1.807, 2.05) is 21.5 Å². The zero-order valence-electron chi connectivity index (χ0n) is 27.3. The van der Waals surface area contributed by atoms with Crippen molar-refractivity contribution in [3.63, 3.8) is 0 Å². The number of fused-ring (bicyclic) bond motifs is 1.